The highest BCUT2D eigenvalue weighted by atomic mass is 16.6. The summed E-state index contributed by atoms with van der Waals surface area (Å²) in [5.74, 6) is -0.375. The van der Waals surface area contributed by atoms with E-state index in [2.05, 4.69) is 5.32 Å². The number of aliphatic hydroxyl groups excluding tert-OH is 1. The van der Waals surface area contributed by atoms with Crippen LogP contribution < -0.4 is 15.8 Å². The van der Waals surface area contributed by atoms with Crippen LogP contribution in [0.25, 0.3) is 0 Å². The van der Waals surface area contributed by atoms with Crippen molar-refractivity contribution in [1.82, 2.24) is 0 Å². The van der Waals surface area contributed by atoms with E-state index in [0.717, 1.165) is 5.56 Å². The van der Waals surface area contributed by atoms with Crippen molar-refractivity contribution in [3.63, 3.8) is 0 Å². The van der Waals surface area contributed by atoms with Crippen molar-refractivity contribution < 1.29 is 38.7 Å². The molecule has 0 aliphatic carbocycles. The minimum atomic E-state index is -0.934. The second kappa shape index (κ2) is 14.9. The number of fused-ring (bicyclic) bond motifs is 2. The van der Waals surface area contributed by atoms with Crippen LogP contribution in [0.2, 0.25) is 0 Å². The maximum Gasteiger partial charge on any atom is 0.405 e. The minimum absolute atomic E-state index is 0.0219. The number of benzene rings is 1. The number of anilines is 1. The number of aromatic hydroxyl groups is 1. The average molecular weight is 549 g/mol. The topological polar surface area (TPSA) is 150 Å². The SMILES string of the molecule is COc1c(O)cc2cc1C[C@@H](C)C[C@H](OC)[C@H](O)[C@@H](C)/C=C(\C)[C@H](OC(N)=O)[C@@H](OC)CC/C=C(\C)C(=O)N2. The third-order valence-corrected chi connectivity index (χ3v) is 7.15. The number of phenolic OH excluding ortho intramolecular Hbond substituents is 1. The Labute approximate surface area is 231 Å². The Hall–Kier alpha value is -3.08. The fraction of sp³-hybridized carbons (Fsp3) is 0.586. The number of nitrogens with two attached hydrogens (primary N) is 1. The van der Waals surface area contributed by atoms with Crippen LogP contribution in [-0.2, 0) is 25.4 Å². The van der Waals surface area contributed by atoms with Crippen LogP contribution in [0.15, 0.2) is 35.4 Å². The number of allylic oxidation sites excluding steroid dienone is 1. The lowest BCUT2D eigenvalue weighted by molar-refractivity contribution is -0.112. The number of carbonyl (C=O) groups excluding carboxylic acids is 2. The summed E-state index contributed by atoms with van der Waals surface area (Å²) in [5.41, 5.74) is 7.69. The van der Waals surface area contributed by atoms with Gasteiger partial charge in [0.2, 0.25) is 0 Å². The molecule has 0 aromatic heterocycles. The lowest BCUT2D eigenvalue weighted by Gasteiger charge is -2.30. The number of ether oxygens (including phenoxy) is 4. The highest BCUT2D eigenvalue weighted by Crippen LogP contribution is 2.36. The molecule has 6 atom stereocenters. The first-order valence-electron chi connectivity index (χ1n) is 13.2. The number of phenols is 1. The number of carbonyl (C=O) groups is 2. The number of aliphatic hydroxyl groups is 1. The van der Waals surface area contributed by atoms with E-state index in [9.17, 15) is 19.8 Å². The molecule has 39 heavy (non-hydrogen) atoms. The summed E-state index contributed by atoms with van der Waals surface area (Å²) in [5, 5.41) is 24.6. The molecule has 1 aromatic rings. The van der Waals surface area contributed by atoms with Gasteiger partial charge in [-0.3, -0.25) is 4.79 Å². The van der Waals surface area contributed by atoms with Gasteiger partial charge in [0.25, 0.3) is 5.91 Å². The smallest absolute Gasteiger partial charge is 0.405 e. The lowest BCUT2D eigenvalue weighted by Crippen LogP contribution is -2.37. The predicted molar refractivity (Wildman–Crippen MR) is 149 cm³/mol. The molecule has 0 fully saturated rings. The zero-order chi connectivity index (χ0) is 29.3. The van der Waals surface area contributed by atoms with Gasteiger partial charge in [-0.2, -0.15) is 0 Å². The molecule has 0 saturated heterocycles. The second-order valence-electron chi connectivity index (χ2n) is 10.3. The molecule has 0 unspecified atom stereocenters. The van der Waals surface area contributed by atoms with Crippen LogP contribution in [0.4, 0.5) is 10.5 Å². The Balaban J connectivity index is 2.53. The molecule has 1 aromatic carbocycles. The molecular formula is C29H44N2O8. The summed E-state index contributed by atoms with van der Waals surface area (Å²) in [4.78, 5) is 24.6. The Kier molecular flexibility index (Phi) is 12.3. The summed E-state index contributed by atoms with van der Waals surface area (Å²) in [6.45, 7) is 7.38. The van der Waals surface area contributed by atoms with Crippen LogP contribution >= 0.6 is 0 Å². The van der Waals surface area contributed by atoms with Crippen molar-refractivity contribution in [2.75, 3.05) is 26.6 Å². The Bertz CT molecular complexity index is 1050. The van der Waals surface area contributed by atoms with Crippen molar-refractivity contribution in [2.24, 2.45) is 17.6 Å². The van der Waals surface area contributed by atoms with E-state index in [1.165, 1.54) is 20.3 Å². The molecule has 1 aliphatic heterocycles. The third-order valence-electron chi connectivity index (χ3n) is 7.15. The van der Waals surface area contributed by atoms with Gasteiger partial charge >= 0.3 is 6.09 Å². The largest absolute Gasteiger partial charge is 0.504 e. The van der Waals surface area contributed by atoms with Crippen molar-refractivity contribution in [3.8, 4) is 11.5 Å². The van der Waals surface area contributed by atoms with Gasteiger partial charge in [0, 0.05) is 43.0 Å². The van der Waals surface area contributed by atoms with Gasteiger partial charge in [0.05, 0.1) is 25.4 Å². The van der Waals surface area contributed by atoms with Gasteiger partial charge in [-0.1, -0.05) is 26.0 Å². The molecule has 5 N–H and O–H groups in total. The van der Waals surface area contributed by atoms with E-state index in [-0.39, 0.29) is 23.5 Å². The monoisotopic (exact) mass is 548 g/mol. The highest BCUT2D eigenvalue weighted by molar-refractivity contribution is 6.03. The highest BCUT2D eigenvalue weighted by Gasteiger charge is 2.30. The van der Waals surface area contributed by atoms with Crippen molar-refractivity contribution in [2.45, 2.75) is 77.8 Å². The zero-order valence-electron chi connectivity index (χ0n) is 24.0. The number of nitrogens with one attached hydrogen (secondary N) is 1. The van der Waals surface area contributed by atoms with Crippen LogP contribution in [0, 0.1) is 11.8 Å². The molecule has 1 heterocycles. The van der Waals surface area contributed by atoms with Crippen molar-refractivity contribution in [3.05, 3.63) is 41.0 Å². The van der Waals surface area contributed by atoms with E-state index in [1.54, 1.807) is 33.1 Å². The van der Waals surface area contributed by atoms with Crippen LogP contribution in [0.1, 0.15) is 52.5 Å². The standard InChI is InChI=1S/C29H44N2O8/c1-16-11-20-14-21(15-22(32)27(20)38-7)31-28(34)17(2)9-8-10-23(36-5)26(39-29(30)35)19(4)13-18(3)25(33)24(12-16)37-6/h9,13-16,18,23-26,32-33H,8,10-12H2,1-7H3,(H2,30,35)(H,31,34)/b17-9+,19-13+/t16-,18+,23+,24+,25-,26+/m1/s1. The second-order valence-corrected chi connectivity index (χ2v) is 10.3. The first-order chi connectivity index (χ1) is 18.4. The van der Waals surface area contributed by atoms with E-state index in [1.807, 2.05) is 19.9 Å². The molecule has 10 heteroatoms. The molecule has 2 rings (SSSR count). The van der Waals surface area contributed by atoms with Gasteiger partial charge in [0.15, 0.2) is 17.6 Å². The summed E-state index contributed by atoms with van der Waals surface area (Å²) >= 11 is 0. The van der Waals surface area contributed by atoms with E-state index in [0.29, 0.717) is 48.3 Å². The fourth-order valence-electron chi connectivity index (χ4n) is 5.08. The summed E-state index contributed by atoms with van der Waals surface area (Å²) in [7, 11) is 4.55. The van der Waals surface area contributed by atoms with E-state index < -0.39 is 30.5 Å². The first kappa shape index (κ1) is 32.1. The molecule has 10 nitrogen and oxygen atoms in total. The predicted octanol–water partition coefficient (Wildman–Crippen LogP) is 4.09. The van der Waals surface area contributed by atoms with Crippen LogP contribution in [0.3, 0.4) is 0 Å². The average Bonchev–Trinajstić information content (AvgIpc) is 2.87. The fourth-order valence-corrected chi connectivity index (χ4v) is 5.08. The van der Waals surface area contributed by atoms with Crippen molar-refractivity contribution in [1.29, 1.82) is 0 Å². The van der Waals surface area contributed by atoms with E-state index >= 15 is 0 Å². The number of hydrogen-bond donors (Lipinski definition) is 4. The quantitative estimate of drug-likeness (QED) is 0.411. The molecule has 2 bridgehead atoms. The number of rotatable bonds is 4. The molecule has 0 radical (unpaired) electrons. The Morgan fingerprint density at radius 3 is 2.36 bits per heavy atom. The van der Waals surface area contributed by atoms with E-state index in [4.69, 9.17) is 24.7 Å². The number of amides is 2. The normalized spacial score (nSPS) is 30.3. The maximum absolute atomic E-state index is 12.9. The zero-order valence-corrected chi connectivity index (χ0v) is 24.0. The summed E-state index contributed by atoms with van der Waals surface area (Å²) in [6, 6.07) is 3.24. The van der Waals surface area contributed by atoms with Gasteiger partial charge in [0.1, 0.15) is 0 Å². The van der Waals surface area contributed by atoms with Crippen LogP contribution in [0.5, 0.6) is 11.5 Å². The summed E-state index contributed by atoms with van der Waals surface area (Å²) < 4.78 is 22.2. The molecular weight excluding hydrogens is 504 g/mol. The minimum Gasteiger partial charge on any atom is -0.504 e. The van der Waals surface area contributed by atoms with Gasteiger partial charge in [-0.25, -0.2) is 4.79 Å². The van der Waals surface area contributed by atoms with Gasteiger partial charge < -0.3 is 40.2 Å². The number of primary amides is 1. The molecule has 1 aliphatic rings. The maximum atomic E-state index is 12.9. The molecule has 0 saturated carbocycles. The molecule has 0 spiro atoms. The Morgan fingerprint density at radius 2 is 1.77 bits per heavy atom. The molecule has 2 amide bonds. The van der Waals surface area contributed by atoms with Gasteiger partial charge in [-0.15, -0.1) is 0 Å². The van der Waals surface area contributed by atoms with Crippen LogP contribution in [-0.4, -0.2) is 68.0 Å². The Morgan fingerprint density at radius 1 is 1.10 bits per heavy atom. The third kappa shape index (κ3) is 8.98. The first-order valence-corrected chi connectivity index (χ1v) is 13.2. The van der Waals surface area contributed by atoms with Crippen molar-refractivity contribution >= 4 is 17.7 Å². The number of methoxy groups -OCH3 is 3. The van der Waals surface area contributed by atoms with Gasteiger partial charge in [-0.05, 0) is 57.1 Å². The lowest BCUT2D eigenvalue weighted by atomic mass is 9.88. The number of hydrogen-bond acceptors (Lipinski definition) is 8. The molecule has 218 valence electrons. The summed E-state index contributed by atoms with van der Waals surface area (Å²) in [6.07, 6.45) is 1.95.